The van der Waals surface area contributed by atoms with E-state index in [-0.39, 0.29) is 17.7 Å². The Morgan fingerprint density at radius 3 is 2.00 bits per heavy atom. The van der Waals surface area contributed by atoms with Gasteiger partial charge in [0.2, 0.25) is 11.8 Å². The molecule has 1 saturated heterocycles. The van der Waals surface area contributed by atoms with E-state index >= 15 is 0 Å². The van der Waals surface area contributed by atoms with E-state index in [0.29, 0.717) is 24.2 Å². The molecule has 3 rings (SSSR count). The molecule has 0 radical (unpaired) electrons. The van der Waals surface area contributed by atoms with Gasteiger partial charge in [0.05, 0.1) is 0 Å². The average Bonchev–Trinajstić information content (AvgIpc) is 3.01. The number of carbonyl (C=O) groups is 2. The second kappa shape index (κ2) is 5.02. The fraction of sp³-hybridized carbons (Fsp3) is 0.867. The summed E-state index contributed by atoms with van der Waals surface area (Å²) in [6, 6.07) is 0. The third-order valence-corrected chi connectivity index (χ3v) is 5.36. The zero-order chi connectivity index (χ0) is 12.5. The summed E-state index contributed by atoms with van der Waals surface area (Å²) in [5, 5.41) is 2.58. The van der Waals surface area contributed by atoms with Gasteiger partial charge in [0.1, 0.15) is 0 Å². The van der Waals surface area contributed by atoms with E-state index in [1.54, 1.807) is 0 Å². The Hall–Kier alpha value is -0.860. The number of hydrogen-bond donors (Lipinski definition) is 1. The number of rotatable bonds is 2. The Kier molecular flexibility index (Phi) is 3.40. The number of nitrogens with one attached hydrogen (secondary N) is 1. The summed E-state index contributed by atoms with van der Waals surface area (Å²) in [6.07, 6.45) is 10.5. The minimum Gasteiger partial charge on any atom is -0.296 e. The van der Waals surface area contributed by atoms with Crippen molar-refractivity contribution in [2.24, 2.45) is 23.7 Å². The van der Waals surface area contributed by atoms with E-state index in [1.165, 1.54) is 51.4 Å². The number of amides is 2. The van der Waals surface area contributed by atoms with E-state index in [2.05, 4.69) is 5.32 Å². The van der Waals surface area contributed by atoms with Crippen molar-refractivity contribution in [3.63, 3.8) is 0 Å². The molecule has 3 fully saturated rings. The van der Waals surface area contributed by atoms with Crippen LogP contribution in [-0.4, -0.2) is 11.8 Å². The van der Waals surface area contributed by atoms with Gasteiger partial charge in [-0.3, -0.25) is 14.9 Å². The van der Waals surface area contributed by atoms with Crippen molar-refractivity contribution in [2.45, 2.75) is 57.8 Å². The summed E-state index contributed by atoms with van der Waals surface area (Å²) < 4.78 is 0. The molecule has 2 unspecified atom stereocenters. The molecule has 3 aliphatic rings. The Bertz CT molecular complexity index is 340. The summed E-state index contributed by atoms with van der Waals surface area (Å²) in [5.41, 5.74) is 0. The minimum atomic E-state index is -0.0360. The van der Waals surface area contributed by atoms with Crippen molar-refractivity contribution >= 4 is 11.8 Å². The molecule has 1 heterocycles. The Morgan fingerprint density at radius 1 is 0.833 bits per heavy atom. The van der Waals surface area contributed by atoms with E-state index in [4.69, 9.17) is 0 Å². The first-order valence-corrected chi connectivity index (χ1v) is 7.59. The Labute approximate surface area is 109 Å². The molecule has 2 amide bonds. The number of piperidine rings is 1. The normalized spacial score (nSPS) is 35.1. The molecular weight excluding hydrogens is 226 g/mol. The van der Waals surface area contributed by atoms with Gasteiger partial charge >= 0.3 is 0 Å². The predicted octanol–water partition coefficient (Wildman–Crippen LogP) is 2.65. The lowest BCUT2D eigenvalue weighted by Gasteiger charge is -2.37. The van der Waals surface area contributed by atoms with Crippen molar-refractivity contribution in [3.8, 4) is 0 Å². The molecule has 2 saturated carbocycles. The van der Waals surface area contributed by atoms with Crippen molar-refractivity contribution in [2.75, 3.05) is 0 Å². The quantitative estimate of drug-likeness (QED) is 0.765. The number of imide groups is 1. The number of carbonyl (C=O) groups excluding carboxylic acids is 2. The highest BCUT2D eigenvalue weighted by Gasteiger charge is 2.45. The lowest BCUT2D eigenvalue weighted by molar-refractivity contribution is -0.142. The first-order chi connectivity index (χ1) is 8.75. The van der Waals surface area contributed by atoms with Gasteiger partial charge in [0.15, 0.2) is 0 Å². The summed E-state index contributed by atoms with van der Waals surface area (Å²) in [6.45, 7) is 0. The zero-order valence-corrected chi connectivity index (χ0v) is 11.0. The van der Waals surface area contributed by atoms with Crippen LogP contribution in [0.15, 0.2) is 0 Å². The van der Waals surface area contributed by atoms with Gasteiger partial charge in [-0.05, 0) is 30.6 Å². The van der Waals surface area contributed by atoms with Gasteiger partial charge in [0.25, 0.3) is 0 Å². The highest BCUT2D eigenvalue weighted by Crippen LogP contribution is 2.45. The highest BCUT2D eigenvalue weighted by atomic mass is 16.2. The van der Waals surface area contributed by atoms with Crippen molar-refractivity contribution in [1.29, 1.82) is 0 Å². The molecule has 3 nitrogen and oxygen atoms in total. The van der Waals surface area contributed by atoms with E-state index in [1.807, 2.05) is 0 Å². The maximum Gasteiger partial charge on any atom is 0.230 e. The summed E-state index contributed by atoms with van der Waals surface area (Å²) in [7, 11) is 0. The number of hydrogen-bond acceptors (Lipinski definition) is 2. The Balaban J connectivity index is 1.80. The van der Waals surface area contributed by atoms with E-state index in [9.17, 15) is 9.59 Å². The molecule has 0 spiro atoms. The molecule has 2 aliphatic carbocycles. The molecule has 1 N–H and O–H groups in total. The highest BCUT2D eigenvalue weighted by molar-refractivity contribution is 5.99. The maximum absolute atomic E-state index is 12.2. The van der Waals surface area contributed by atoms with Crippen LogP contribution in [-0.2, 0) is 9.59 Å². The molecule has 100 valence electrons. The molecular formula is C15H23NO2. The van der Waals surface area contributed by atoms with E-state index in [0.717, 1.165) is 0 Å². The first-order valence-electron chi connectivity index (χ1n) is 7.59. The summed E-state index contributed by atoms with van der Waals surface area (Å²) in [5.74, 6) is 1.65. The molecule has 2 atom stereocenters. The third-order valence-electron chi connectivity index (χ3n) is 5.36. The van der Waals surface area contributed by atoms with Crippen LogP contribution in [0.2, 0.25) is 0 Å². The van der Waals surface area contributed by atoms with Crippen molar-refractivity contribution in [3.05, 3.63) is 0 Å². The van der Waals surface area contributed by atoms with Gasteiger partial charge in [-0.25, -0.2) is 0 Å². The van der Waals surface area contributed by atoms with Crippen LogP contribution in [0.25, 0.3) is 0 Å². The predicted molar refractivity (Wildman–Crippen MR) is 68.7 cm³/mol. The summed E-state index contributed by atoms with van der Waals surface area (Å²) >= 11 is 0. The van der Waals surface area contributed by atoms with Crippen molar-refractivity contribution < 1.29 is 9.59 Å². The standard InChI is InChI=1S/C15H23NO2/c17-13-9-12(10-5-1-2-6-10)14(15(18)16-13)11-7-3-4-8-11/h10-12,14H,1-9H2,(H,16,17,18). The van der Waals surface area contributed by atoms with Crippen LogP contribution in [0.4, 0.5) is 0 Å². The molecule has 0 aromatic heterocycles. The van der Waals surface area contributed by atoms with E-state index < -0.39 is 0 Å². The zero-order valence-electron chi connectivity index (χ0n) is 11.0. The smallest absolute Gasteiger partial charge is 0.230 e. The van der Waals surface area contributed by atoms with Crippen LogP contribution in [0.5, 0.6) is 0 Å². The van der Waals surface area contributed by atoms with Gasteiger partial charge in [-0.1, -0.05) is 38.5 Å². The average molecular weight is 249 g/mol. The van der Waals surface area contributed by atoms with Gasteiger partial charge in [-0.15, -0.1) is 0 Å². The third kappa shape index (κ3) is 2.19. The second-order valence-electron chi connectivity index (χ2n) is 6.40. The molecule has 18 heavy (non-hydrogen) atoms. The first kappa shape index (κ1) is 12.2. The lowest BCUT2D eigenvalue weighted by Crippen LogP contribution is -2.50. The molecule has 0 aromatic rings. The second-order valence-corrected chi connectivity index (χ2v) is 6.40. The lowest BCUT2D eigenvalue weighted by atomic mass is 9.70. The fourth-order valence-electron chi connectivity index (χ4n) is 4.53. The molecule has 1 aliphatic heterocycles. The van der Waals surface area contributed by atoms with Crippen LogP contribution >= 0.6 is 0 Å². The fourth-order valence-corrected chi connectivity index (χ4v) is 4.53. The SMILES string of the molecule is O=C1CC(C2CCCC2)C(C2CCCC2)C(=O)N1. The van der Waals surface area contributed by atoms with Crippen LogP contribution < -0.4 is 5.32 Å². The minimum absolute atomic E-state index is 0.0360. The largest absolute Gasteiger partial charge is 0.296 e. The monoisotopic (exact) mass is 249 g/mol. The van der Waals surface area contributed by atoms with Gasteiger partial charge < -0.3 is 0 Å². The molecule has 3 heteroatoms. The van der Waals surface area contributed by atoms with Gasteiger partial charge in [-0.2, -0.15) is 0 Å². The maximum atomic E-state index is 12.2. The molecule has 0 aromatic carbocycles. The molecule has 0 bridgehead atoms. The van der Waals surface area contributed by atoms with Crippen LogP contribution in [0, 0.1) is 23.7 Å². The Morgan fingerprint density at radius 2 is 1.39 bits per heavy atom. The van der Waals surface area contributed by atoms with Crippen LogP contribution in [0.3, 0.4) is 0 Å². The van der Waals surface area contributed by atoms with Crippen molar-refractivity contribution in [1.82, 2.24) is 5.32 Å². The summed E-state index contributed by atoms with van der Waals surface area (Å²) in [4.78, 5) is 23.9. The topological polar surface area (TPSA) is 46.2 Å². The van der Waals surface area contributed by atoms with Gasteiger partial charge in [0, 0.05) is 12.3 Å². The van der Waals surface area contributed by atoms with Crippen LogP contribution in [0.1, 0.15) is 57.8 Å².